The summed E-state index contributed by atoms with van der Waals surface area (Å²) in [5.74, 6) is 2.43. The highest BCUT2D eigenvalue weighted by molar-refractivity contribution is 8.14. The molecule has 0 radical (unpaired) electrons. The number of carbonyl (C=O) groups excluding carboxylic acids is 1. The average Bonchev–Trinajstić information content (AvgIpc) is 3.08. The van der Waals surface area contributed by atoms with E-state index in [-0.39, 0.29) is 24.4 Å². The van der Waals surface area contributed by atoms with Crippen molar-refractivity contribution in [3.8, 4) is 0 Å². The number of aliphatic imine (C=N–C) groups is 1. The summed E-state index contributed by atoms with van der Waals surface area (Å²) in [5.41, 5.74) is 0. The van der Waals surface area contributed by atoms with E-state index in [4.69, 9.17) is 9.73 Å². The van der Waals surface area contributed by atoms with E-state index in [0.717, 1.165) is 37.4 Å². The molecule has 2 heterocycles. The molecule has 28 heavy (non-hydrogen) atoms. The second kappa shape index (κ2) is 10.3. The van der Waals surface area contributed by atoms with E-state index < -0.39 is 0 Å². The number of carbonyl (C=O) groups is 1. The quantitative estimate of drug-likeness (QED) is 0.641. The van der Waals surface area contributed by atoms with E-state index in [1.807, 2.05) is 25.6 Å². The standard InChI is InChI=1S/C21H38N4O2S/c1-5-15(4)10-25-11-18(12-25)22-19-13-28-20(24-19)16-6-8-17(9-7-16)23-21(26)27-14(2)3/h14-19,22H,5-13H2,1-4H3,(H,23,26). The van der Waals surface area contributed by atoms with Crippen molar-refractivity contribution < 1.29 is 9.53 Å². The molecule has 0 spiro atoms. The molecule has 2 fully saturated rings. The Morgan fingerprint density at radius 1 is 1.21 bits per heavy atom. The normalized spacial score (nSPS) is 30.0. The smallest absolute Gasteiger partial charge is 0.407 e. The number of hydrogen-bond acceptors (Lipinski definition) is 6. The van der Waals surface area contributed by atoms with Gasteiger partial charge in [-0.2, -0.15) is 0 Å². The van der Waals surface area contributed by atoms with Gasteiger partial charge in [-0.25, -0.2) is 4.79 Å². The summed E-state index contributed by atoms with van der Waals surface area (Å²) in [5, 5.41) is 8.07. The first-order chi connectivity index (χ1) is 13.4. The number of alkyl carbamates (subject to hydrolysis) is 1. The molecule has 0 aromatic carbocycles. The third kappa shape index (κ3) is 6.36. The number of ether oxygens (including phenoxy) is 1. The zero-order valence-corrected chi connectivity index (χ0v) is 18.8. The highest BCUT2D eigenvalue weighted by Gasteiger charge is 2.33. The van der Waals surface area contributed by atoms with Crippen LogP contribution in [0.25, 0.3) is 0 Å². The predicted molar refractivity (Wildman–Crippen MR) is 117 cm³/mol. The van der Waals surface area contributed by atoms with Crippen LogP contribution < -0.4 is 10.6 Å². The molecular weight excluding hydrogens is 372 g/mol. The first-order valence-corrected chi connectivity index (χ1v) is 12.1. The molecule has 160 valence electrons. The van der Waals surface area contributed by atoms with Crippen LogP contribution in [0.2, 0.25) is 0 Å². The molecule has 2 atom stereocenters. The van der Waals surface area contributed by atoms with Crippen LogP contribution in [0.15, 0.2) is 4.99 Å². The van der Waals surface area contributed by atoms with Gasteiger partial charge in [0.1, 0.15) is 6.17 Å². The Morgan fingerprint density at radius 3 is 2.57 bits per heavy atom. The lowest BCUT2D eigenvalue weighted by molar-refractivity contribution is 0.103. The molecule has 2 N–H and O–H groups in total. The molecule has 1 saturated heterocycles. The molecule has 0 aromatic heterocycles. The van der Waals surface area contributed by atoms with Crippen LogP contribution in [-0.2, 0) is 4.74 Å². The van der Waals surface area contributed by atoms with Gasteiger partial charge in [0.05, 0.1) is 11.1 Å². The van der Waals surface area contributed by atoms with Crippen LogP contribution in [0, 0.1) is 11.8 Å². The van der Waals surface area contributed by atoms with E-state index in [1.54, 1.807) is 0 Å². The van der Waals surface area contributed by atoms with Crippen LogP contribution in [0.5, 0.6) is 0 Å². The fourth-order valence-corrected chi connectivity index (χ4v) is 5.44. The topological polar surface area (TPSA) is 66.0 Å². The second-order valence-corrected chi connectivity index (χ2v) is 10.1. The average molecular weight is 411 g/mol. The summed E-state index contributed by atoms with van der Waals surface area (Å²) in [6.07, 6.45) is 5.45. The fraction of sp³-hybridized carbons (Fsp3) is 0.905. The predicted octanol–water partition coefficient (Wildman–Crippen LogP) is 3.47. The minimum Gasteiger partial charge on any atom is -0.447 e. The maximum absolute atomic E-state index is 11.8. The molecule has 7 heteroatoms. The minimum absolute atomic E-state index is 0.0668. The molecule has 6 nitrogen and oxygen atoms in total. The molecule has 3 rings (SSSR count). The SMILES string of the molecule is CCC(C)CN1CC(NC2CSC(C3CCC(NC(=O)OC(C)C)CC3)=N2)C1. The van der Waals surface area contributed by atoms with Crippen molar-refractivity contribution >= 4 is 22.9 Å². The van der Waals surface area contributed by atoms with Crippen molar-refractivity contribution in [2.45, 2.75) is 84.2 Å². The van der Waals surface area contributed by atoms with E-state index in [1.165, 1.54) is 31.1 Å². The first-order valence-electron chi connectivity index (χ1n) is 11.1. The summed E-state index contributed by atoms with van der Waals surface area (Å²) >= 11 is 1.93. The maximum atomic E-state index is 11.8. The van der Waals surface area contributed by atoms with Gasteiger partial charge < -0.3 is 10.1 Å². The van der Waals surface area contributed by atoms with Gasteiger partial charge in [0.2, 0.25) is 0 Å². The van der Waals surface area contributed by atoms with Gasteiger partial charge in [0, 0.05) is 43.4 Å². The molecule has 0 aromatic rings. The summed E-state index contributed by atoms with van der Waals surface area (Å²) in [4.78, 5) is 19.3. The number of likely N-dealkylation sites (tertiary alicyclic amines) is 1. The Bertz CT molecular complexity index is 543. The summed E-state index contributed by atoms with van der Waals surface area (Å²) in [6.45, 7) is 11.9. The number of rotatable bonds is 8. The van der Waals surface area contributed by atoms with Crippen molar-refractivity contribution in [3.05, 3.63) is 0 Å². The van der Waals surface area contributed by atoms with Gasteiger partial charge in [-0.3, -0.25) is 15.2 Å². The lowest BCUT2D eigenvalue weighted by Gasteiger charge is -2.41. The minimum atomic E-state index is -0.279. The van der Waals surface area contributed by atoms with Gasteiger partial charge in [0.15, 0.2) is 0 Å². The summed E-state index contributed by atoms with van der Waals surface area (Å²) in [6, 6.07) is 0.847. The van der Waals surface area contributed by atoms with Gasteiger partial charge in [-0.1, -0.05) is 20.3 Å². The second-order valence-electron chi connectivity index (χ2n) is 9.04. The van der Waals surface area contributed by atoms with E-state index in [0.29, 0.717) is 12.0 Å². The lowest BCUT2D eigenvalue weighted by Crippen LogP contribution is -2.60. The largest absolute Gasteiger partial charge is 0.447 e. The van der Waals surface area contributed by atoms with E-state index >= 15 is 0 Å². The molecule has 1 saturated carbocycles. The monoisotopic (exact) mass is 410 g/mol. The van der Waals surface area contributed by atoms with Crippen LogP contribution in [0.3, 0.4) is 0 Å². The van der Waals surface area contributed by atoms with Crippen molar-refractivity contribution in [1.82, 2.24) is 15.5 Å². The van der Waals surface area contributed by atoms with Gasteiger partial charge in [-0.15, -0.1) is 11.8 Å². The first kappa shape index (κ1) is 21.9. The van der Waals surface area contributed by atoms with Crippen molar-refractivity contribution in [2.24, 2.45) is 16.8 Å². The lowest BCUT2D eigenvalue weighted by atomic mass is 9.86. The highest BCUT2D eigenvalue weighted by atomic mass is 32.2. The van der Waals surface area contributed by atoms with E-state index in [2.05, 4.69) is 29.4 Å². The molecule has 3 aliphatic rings. The Morgan fingerprint density at radius 2 is 1.93 bits per heavy atom. The van der Waals surface area contributed by atoms with Crippen molar-refractivity contribution in [3.63, 3.8) is 0 Å². The van der Waals surface area contributed by atoms with Crippen molar-refractivity contribution in [2.75, 3.05) is 25.4 Å². The number of nitrogens with zero attached hydrogens (tertiary/aromatic N) is 2. The van der Waals surface area contributed by atoms with Crippen LogP contribution in [0.1, 0.15) is 59.8 Å². The van der Waals surface area contributed by atoms with Crippen molar-refractivity contribution in [1.29, 1.82) is 0 Å². The Balaban J connectivity index is 1.34. The number of hydrogen-bond donors (Lipinski definition) is 2. The molecule has 2 unspecified atom stereocenters. The van der Waals surface area contributed by atoms with Gasteiger partial charge >= 0.3 is 6.09 Å². The molecular formula is C21H38N4O2S. The third-order valence-corrected chi connectivity index (χ3v) is 7.28. The third-order valence-electron chi connectivity index (χ3n) is 6.07. The Labute approximate surface area is 174 Å². The van der Waals surface area contributed by atoms with Crippen LogP contribution in [0.4, 0.5) is 4.79 Å². The number of thioether (sulfide) groups is 1. The maximum Gasteiger partial charge on any atom is 0.407 e. The number of nitrogens with one attached hydrogen (secondary N) is 2. The Hall–Kier alpha value is -0.790. The molecule has 0 bridgehead atoms. The number of amides is 1. The van der Waals surface area contributed by atoms with E-state index in [9.17, 15) is 4.79 Å². The Kier molecular flexibility index (Phi) is 8.06. The molecule has 1 aliphatic carbocycles. The zero-order valence-electron chi connectivity index (χ0n) is 17.9. The van der Waals surface area contributed by atoms with Crippen LogP contribution in [-0.4, -0.2) is 65.8 Å². The van der Waals surface area contributed by atoms with Gasteiger partial charge in [-0.05, 0) is 45.4 Å². The molecule has 1 amide bonds. The zero-order chi connectivity index (χ0) is 20.1. The summed E-state index contributed by atoms with van der Waals surface area (Å²) in [7, 11) is 0. The fourth-order valence-electron chi connectivity index (χ4n) is 4.27. The molecule has 2 aliphatic heterocycles. The van der Waals surface area contributed by atoms with Gasteiger partial charge in [0.25, 0.3) is 0 Å². The summed E-state index contributed by atoms with van der Waals surface area (Å²) < 4.78 is 5.19. The van der Waals surface area contributed by atoms with Crippen LogP contribution >= 0.6 is 11.8 Å². The highest BCUT2D eigenvalue weighted by Crippen LogP contribution is 2.33.